The van der Waals surface area contributed by atoms with E-state index in [2.05, 4.69) is 9.73 Å². The number of cyclic esters (lactones) is 1. The van der Waals surface area contributed by atoms with Gasteiger partial charge in [-0.3, -0.25) is 10.1 Å². The Balaban J connectivity index is 1.92. The number of nitro benzene ring substituents is 1. The zero-order chi connectivity index (χ0) is 19.6. The monoisotopic (exact) mass is 386 g/mol. The number of esters is 2. The van der Waals surface area contributed by atoms with Crippen LogP contribution in [0.15, 0.2) is 53.2 Å². The van der Waals surface area contributed by atoms with Gasteiger partial charge in [-0.05, 0) is 29.8 Å². The molecule has 1 aliphatic rings. The summed E-state index contributed by atoms with van der Waals surface area (Å²) in [5.41, 5.74) is 0.900. The SMILES string of the molecule is COC(=O)c1ccc(C=C2N=C(c3cc([N+](=O)[O-])ccc3Cl)OC2=O)cc1. The summed E-state index contributed by atoms with van der Waals surface area (Å²) < 4.78 is 9.71. The molecular weight excluding hydrogens is 376 g/mol. The molecule has 0 saturated heterocycles. The van der Waals surface area contributed by atoms with Gasteiger partial charge in [0.1, 0.15) is 0 Å². The third-order valence-corrected chi connectivity index (χ3v) is 3.98. The van der Waals surface area contributed by atoms with E-state index in [0.29, 0.717) is 11.1 Å². The standard InChI is InChI=1S/C18H11ClN2O6/c1-26-17(22)11-4-2-10(3-5-11)8-15-18(23)27-16(20-15)13-9-12(21(24)25)6-7-14(13)19/h2-9H,1H3. The highest BCUT2D eigenvalue weighted by atomic mass is 35.5. The number of halogens is 1. The van der Waals surface area contributed by atoms with Crippen LogP contribution in [-0.4, -0.2) is 29.9 Å². The molecule has 1 heterocycles. The lowest BCUT2D eigenvalue weighted by Gasteiger charge is -2.02. The van der Waals surface area contributed by atoms with Crippen molar-refractivity contribution in [2.75, 3.05) is 7.11 Å². The fraction of sp³-hybridized carbons (Fsp3) is 0.0556. The van der Waals surface area contributed by atoms with Crippen molar-refractivity contribution >= 4 is 41.2 Å². The summed E-state index contributed by atoms with van der Waals surface area (Å²) in [5.74, 6) is -1.31. The number of nitrogens with zero attached hydrogens (tertiary/aromatic N) is 2. The van der Waals surface area contributed by atoms with Crippen LogP contribution >= 0.6 is 11.6 Å². The summed E-state index contributed by atoms with van der Waals surface area (Å²) in [5, 5.41) is 11.1. The average Bonchev–Trinajstić information content (AvgIpc) is 3.02. The minimum atomic E-state index is -0.718. The second-order valence-electron chi connectivity index (χ2n) is 5.37. The molecule has 0 bridgehead atoms. The summed E-state index contributed by atoms with van der Waals surface area (Å²) in [4.78, 5) is 37.9. The van der Waals surface area contributed by atoms with E-state index in [9.17, 15) is 19.7 Å². The number of carbonyl (C=O) groups excluding carboxylic acids is 2. The van der Waals surface area contributed by atoms with Crippen molar-refractivity contribution in [2.24, 2.45) is 4.99 Å². The maximum atomic E-state index is 12.1. The van der Waals surface area contributed by atoms with Crippen molar-refractivity contribution in [3.05, 3.63) is 80.0 Å². The number of carbonyl (C=O) groups is 2. The molecule has 2 aromatic rings. The lowest BCUT2D eigenvalue weighted by Crippen LogP contribution is -2.06. The maximum absolute atomic E-state index is 12.1. The Morgan fingerprint density at radius 2 is 1.96 bits per heavy atom. The van der Waals surface area contributed by atoms with Crippen LogP contribution in [0.4, 0.5) is 5.69 Å². The van der Waals surface area contributed by atoms with Crippen molar-refractivity contribution in [3.8, 4) is 0 Å². The number of methoxy groups -OCH3 is 1. The molecule has 1 aliphatic heterocycles. The van der Waals surface area contributed by atoms with Gasteiger partial charge < -0.3 is 9.47 Å². The van der Waals surface area contributed by atoms with E-state index in [1.54, 1.807) is 24.3 Å². The Hall–Kier alpha value is -3.52. The first-order chi connectivity index (χ1) is 12.9. The molecule has 2 aromatic carbocycles. The van der Waals surface area contributed by atoms with Crippen LogP contribution in [0.5, 0.6) is 0 Å². The molecule has 9 heteroatoms. The normalized spacial score (nSPS) is 14.7. The molecule has 0 aliphatic carbocycles. The quantitative estimate of drug-likeness (QED) is 0.345. The summed E-state index contributed by atoms with van der Waals surface area (Å²) in [7, 11) is 1.28. The molecule has 0 saturated carbocycles. The number of nitro groups is 1. The predicted molar refractivity (Wildman–Crippen MR) is 96.5 cm³/mol. The van der Waals surface area contributed by atoms with Crippen molar-refractivity contribution in [3.63, 3.8) is 0 Å². The average molecular weight is 387 g/mol. The summed E-state index contributed by atoms with van der Waals surface area (Å²) in [6.07, 6.45) is 1.46. The van der Waals surface area contributed by atoms with Gasteiger partial charge in [0, 0.05) is 12.1 Å². The third kappa shape index (κ3) is 3.85. The highest BCUT2D eigenvalue weighted by Crippen LogP contribution is 2.27. The van der Waals surface area contributed by atoms with Gasteiger partial charge in [0.2, 0.25) is 5.90 Å². The first kappa shape index (κ1) is 18.3. The lowest BCUT2D eigenvalue weighted by atomic mass is 10.1. The highest BCUT2D eigenvalue weighted by Gasteiger charge is 2.27. The van der Waals surface area contributed by atoms with E-state index in [1.807, 2.05) is 0 Å². The zero-order valence-corrected chi connectivity index (χ0v) is 14.6. The molecule has 8 nitrogen and oxygen atoms in total. The molecule has 0 unspecified atom stereocenters. The summed E-state index contributed by atoms with van der Waals surface area (Å²) in [6.45, 7) is 0. The van der Waals surface area contributed by atoms with Crippen LogP contribution in [0.3, 0.4) is 0 Å². The Morgan fingerprint density at radius 3 is 2.59 bits per heavy atom. The van der Waals surface area contributed by atoms with E-state index in [1.165, 1.54) is 31.4 Å². The van der Waals surface area contributed by atoms with Gasteiger partial charge in [0.05, 0.1) is 28.2 Å². The molecule has 0 spiro atoms. The molecule has 27 heavy (non-hydrogen) atoms. The number of rotatable bonds is 4. The molecule has 136 valence electrons. The lowest BCUT2D eigenvalue weighted by molar-refractivity contribution is -0.384. The zero-order valence-electron chi connectivity index (χ0n) is 13.8. The van der Waals surface area contributed by atoms with Gasteiger partial charge in [0.25, 0.3) is 5.69 Å². The third-order valence-electron chi connectivity index (χ3n) is 3.65. The van der Waals surface area contributed by atoms with Gasteiger partial charge in [-0.1, -0.05) is 23.7 Å². The van der Waals surface area contributed by atoms with Crippen molar-refractivity contribution in [2.45, 2.75) is 0 Å². The fourth-order valence-corrected chi connectivity index (χ4v) is 2.50. The van der Waals surface area contributed by atoms with E-state index < -0.39 is 16.9 Å². The fourth-order valence-electron chi connectivity index (χ4n) is 2.31. The Kier molecular flexibility index (Phi) is 5.00. The molecule has 0 aromatic heterocycles. The Labute approximate surface area is 157 Å². The number of hydrogen-bond donors (Lipinski definition) is 0. The highest BCUT2D eigenvalue weighted by molar-refractivity contribution is 6.34. The molecule has 3 rings (SSSR count). The molecular formula is C18H11ClN2O6. The van der Waals surface area contributed by atoms with Gasteiger partial charge >= 0.3 is 11.9 Å². The smallest absolute Gasteiger partial charge is 0.363 e. The molecule has 0 radical (unpaired) electrons. The first-order valence-corrected chi connectivity index (χ1v) is 7.92. The van der Waals surface area contributed by atoms with Crippen molar-refractivity contribution in [1.82, 2.24) is 0 Å². The molecule has 0 amide bonds. The van der Waals surface area contributed by atoms with Crippen molar-refractivity contribution in [1.29, 1.82) is 0 Å². The van der Waals surface area contributed by atoms with Gasteiger partial charge in [0.15, 0.2) is 5.70 Å². The number of non-ortho nitro benzene ring substituents is 1. The van der Waals surface area contributed by atoms with Crippen LogP contribution in [0, 0.1) is 10.1 Å². The van der Waals surface area contributed by atoms with Gasteiger partial charge in [-0.15, -0.1) is 0 Å². The molecule has 0 atom stereocenters. The second kappa shape index (κ2) is 7.38. The molecule has 0 fully saturated rings. The van der Waals surface area contributed by atoms with E-state index in [0.717, 1.165) is 0 Å². The maximum Gasteiger partial charge on any atom is 0.363 e. The van der Waals surface area contributed by atoms with Crippen LogP contribution in [0.25, 0.3) is 6.08 Å². The second-order valence-corrected chi connectivity index (χ2v) is 5.78. The van der Waals surface area contributed by atoms with Crippen molar-refractivity contribution < 1.29 is 24.0 Å². The molecule has 0 N–H and O–H groups in total. The van der Waals surface area contributed by atoms with Gasteiger partial charge in [-0.25, -0.2) is 14.6 Å². The van der Waals surface area contributed by atoms with Crippen LogP contribution < -0.4 is 0 Å². The number of ether oxygens (including phenoxy) is 2. The minimum absolute atomic E-state index is 0.00149. The predicted octanol–water partition coefficient (Wildman–Crippen LogP) is 3.38. The Bertz CT molecular complexity index is 1010. The van der Waals surface area contributed by atoms with E-state index >= 15 is 0 Å². The summed E-state index contributed by atoms with van der Waals surface area (Å²) >= 11 is 6.04. The number of aliphatic imine (C=N–C) groups is 1. The number of hydrogen-bond acceptors (Lipinski definition) is 7. The number of benzene rings is 2. The van der Waals surface area contributed by atoms with Gasteiger partial charge in [-0.2, -0.15) is 0 Å². The van der Waals surface area contributed by atoms with E-state index in [-0.39, 0.29) is 27.9 Å². The van der Waals surface area contributed by atoms with Crippen LogP contribution in [0.2, 0.25) is 5.02 Å². The van der Waals surface area contributed by atoms with Crippen LogP contribution in [0.1, 0.15) is 21.5 Å². The van der Waals surface area contributed by atoms with E-state index in [4.69, 9.17) is 16.3 Å². The first-order valence-electron chi connectivity index (χ1n) is 7.54. The Morgan fingerprint density at radius 1 is 1.26 bits per heavy atom. The largest absolute Gasteiger partial charge is 0.465 e. The summed E-state index contributed by atoms with van der Waals surface area (Å²) in [6, 6.07) is 10.1. The topological polar surface area (TPSA) is 108 Å². The van der Waals surface area contributed by atoms with Crippen LogP contribution in [-0.2, 0) is 14.3 Å². The minimum Gasteiger partial charge on any atom is -0.465 e.